The Balaban J connectivity index is 2.88. The van der Waals surface area contributed by atoms with Crippen LogP contribution in [0.3, 0.4) is 0 Å². The number of nitrogens with zero attached hydrogens (tertiary/aromatic N) is 1. The van der Waals surface area contributed by atoms with Crippen molar-refractivity contribution < 1.29 is 0 Å². The number of allylic oxidation sites excluding steroid dienone is 1. The summed E-state index contributed by atoms with van der Waals surface area (Å²) in [7, 11) is 0. The number of hydrogen-bond acceptors (Lipinski definition) is 2. The van der Waals surface area contributed by atoms with Crippen LogP contribution in [0.2, 0.25) is 0 Å². The van der Waals surface area contributed by atoms with Gasteiger partial charge in [0.2, 0.25) is 0 Å². The molecule has 0 amide bonds. The summed E-state index contributed by atoms with van der Waals surface area (Å²) in [5, 5.41) is 3.47. The van der Waals surface area contributed by atoms with Gasteiger partial charge in [-0.15, -0.1) is 6.58 Å². The fraction of sp³-hybridized carbons (Fsp3) is 0.625. The molecule has 1 rings (SSSR count). The van der Waals surface area contributed by atoms with Crippen molar-refractivity contribution in [2.45, 2.75) is 52.6 Å². The first-order valence-corrected chi connectivity index (χ1v) is 6.77. The van der Waals surface area contributed by atoms with E-state index in [0.29, 0.717) is 6.04 Å². The van der Waals surface area contributed by atoms with E-state index in [9.17, 15) is 0 Å². The zero-order chi connectivity index (χ0) is 13.9. The molecule has 1 fully saturated rings. The molecule has 0 aromatic rings. The van der Waals surface area contributed by atoms with Crippen LogP contribution in [0.1, 0.15) is 40.5 Å². The fourth-order valence-electron chi connectivity index (χ4n) is 2.61. The Morgan fingerprint density at radius 2 is 2.00 bits per heavy atom. The molecule has 2 nitrogen and oxygen atoms in total. The Morgan fingerprint density at radius 3 is 2.44 bits per heavy atom. The summed E-state index contributed by atoms with van der Waals surface area (Å²) in [6, 6.07) is 0.657. The molecule has 1 aliphatic heterocycles. The van der Waals surface area contributed by atoms with Gasteiger partial charge in [-0.3, -0.25) is 0 Å². The minimum Gasteiger partial charge on any atom is -0.380 e. The van der Waals surface area contributed by atoms with Crippen molar-refractivity contribution in [2.24, 2.45) is 5.41 Å². The molecule has 0 aromatic carbocycles. The highest BCUT2D eigenvalue weighted by Crippen LogP contribution is 2.31. The normalized spacial score (nSPS) is 21.6. The van der Waals surface area contributed by atoms with Crippen LogP contribution in [0.5, 0.6) is 0 Å². The van der Waals surface area contributed by atoms with Gasteiger partial charge < -0.3 is 10.2 Å². The molecular formula is C16H28N2. The van der Waals surface area contributed by atoms with Crippen LogP contribution >= 0.6 is 0 Å². The second kappa shape index (κ2) is 5.64. The molecule has 0 saturated carbocycles. The maximum Gasteiger partial charge on any atom is 0.0700 e. The highest BCUT2D eigenvalue weighted by Gasteiger charge is 2.33. The smallest absolute Gasteiger partial charge is 0.0700 e. The van der Waals surface area contributed by atoms with Crippen LogP contribution in [-0.2, 0) is 0 Å². The third-order valence-electron chi connectivity index (χ3n) is 3.53. The van der Waals surface area contributed by atoms with E-state index in [2.05, 4.69) is 50.7 Å². The molecule has 2 heteroatoms. The third-order valence-corrected chi connectivity index (χ3v) is 3.53. The molecule has 0 radical (unpaired) electrons. The standard InChI is InChI=1S/C16H28N2/c1-8-14-10-9-11-18(14)13(4)15(16(5,6)7)17-12(2)3/h8,14-15,17H,1-2,4,9-11H2,3,5-7H3. The molecule has 2 unspecified atom stereocenters. The zero-order valence-corrected chi connectivity index (χ0v) is 12.4. The fourth-order valence-corrected chi connectivity index (χ4v) is 2.61. The van der Waals surface area contributed by atoms with Crippen molar-refractivity contribution in [1.82, 2.24) is 10.2 Å². The Labute approximate surface area is 112 Å². The molecule has 1 aliphatic rings. The van der Waals surface area contributed by atoms with Gasteiger partial charge in [-0.1, -0.05) is 40.0 Å². The van der Waals surface area contributed by atoms with Gasteiger partial charge in [-0.2, -0.15) is 0 Å². The lowest BCUT2D eigenvalue weighted by Gasteiger charge is -2.39. The summed E-state index contributed by atoms with van der Waals surface area (Å²) < 4.78 is 0. The molecule has 18 heavy (non-hydrogen) atoms. The van der Waals surface area contributed by atoms with Crippen LogP contribution in [-0.4, -0.2) is 23.5 Å². The van der Waals surface area contributed by atoms with Gasteiger partial charge in [0.1, 0.15) is 0 Å². The quantitative estimate of drug-likeness (QED) is 0.747. The van der Waals surface area contributed by atoms with E-state index in [4.69, 9.17) is 0 Å². The van der Waals surface area contributed by atoms with Crippen LogP contribution in [0.25, 0.3) is 0 Å². The summed E-state index contributed by atoms with van der Waals surface area (Å²) in [6.07, 6.45) is 4.45. The van der Waals surface area contributed by atoms with Gasteiger partial charge >= 0.3 is 0 Å². The highest BCUT2D eigenvalue weighted by atomic mass is 15.2. The van der Waals surface area contributed by atoms with E-state index in [1.165, 1.54) is 12.8 Å². The Hall–Kier alpha value is -1.18. The molecule has 0 aromatic heterocycles. The first kappa shape index (κ1) is 14.9. The van der Waals surface area contributed by atoms with E-state index >= 15 is 0 Å². The SMILES string of the molecule is C=CC1CCCN1C(=C)C(NC(=C)C)C(C)(C)C. The van der Waals surface area contributed by atoms with Gasteiger partial charge in [0.05, 0.1) is 6.04 Å². The third kappa shape index (κ3) is 3.41. The first-order chi connectivity index (χ1) is 8.27. The minimum absolute atomic E-state index is 0.115. The molecule has 1 N–H and O–H groups in total. The predicted octanol–water partition coefficient (Wildman–Crippen LogP) is 3.69. The van der Waals surface area contributed by atoms with Crippen molar-refractivity contribution in [3.63, 3.8) is 0 Å². The topological polar surface area (TPSA) is 15.3 Å². The summed E-state index contributed by atoms with van der Waals surface area (Å²) in [6.45, 7) is 22.0. The molecule has 0 spiro atoms. The average Bonchev–Trinajstić information content (AvgIpc) is 2.71. The molecule has 1 saturated heterocycles. The molecule has 0 aliphatic carbocycles. The molecule has 0 bridgehead atoms. The molecular weight excluding hydrogens is 220 g/mol. The van der Waals surface area contributed by atoms with Crippen molar-refractivity contribution in [2.75, 3.05) is 6.54 Å². The summed E-state index contributed by atoms with van der Waals surface area (Å²) in [5.41, 5.74) is 2.27. The van der Waals surface area contributed by atoms with Crippen LogP contribution in [0.4, 0.5) is 0 Å². The van der Waals surface area contributed by atoms with Gasteiger partial charge in [-0.05, 0) is 25.2 Å². The number of likely N-dealkylation sites (tertiary alicyclic amines) is 1. The van der Waals surface area contributed by atoms with Crippen molar-refractivity contribution in [3.8, 4) is 0 Å². The molecule has 1 heterocycles. The maximum absolute atomic E-state index is 4.33. The molecule has 102 valence electrons. The van der Waals surface area contributed by atoms with Gasteiger partial charge in [0.25, 0.3) is 0 Å². The summed E-state index contributed by atoms with van der Waals surface area (Å²) in [4.78, 5) is 2.39. The van der Waals surface area contributed by atoms with Gasteiger partial charge in [0.15, 0.2) is 0 Å². The Kier molecular flexibility index (Phi) is 4.66. The average molecular weight is 248 g/mol. The highest BCUT2D eigenvalue weighted by molar-refractivity contribution is 5.16. The number of nitrogens with one attached hydrogen (secondary N) is 1. The maximum atomic E-state index is 4.33. The number of hydrogen-bond donors (Lipinski definition) is 1. The van der Waals surface area contributed by atoms with Crippen LogP contribution in [0, 0.1) is 5.41 Å². The Morgan fingerprint density at radius 1 is 1.39 bits per heavy atom. The lowest BCUT2D eigenvalue weighted by molar-refractivity contribution is 0.244. The lowest BCUT2D eigenvalue weighted by Crippen LogP contribution is -2.46. The van der Waals surface area contributed by atoms with E-state index in [1.807, 2.05) is 13.0 Å². The van der Waals surface area contributed by atoms with E-state index in [1.54, 1.807) is 0 Å². The Bertz CT molecular complexity index is 335. The largest absolute Gasteiger partial charge is 0.380 e. The van der Waals surface area contributed by atoms with Crippen molar-refractivity contribution >= 4 is 0 Å². The predicted molar refractivity (Wildman–Crippen MR) is 80.3 cm³/mol. The molecule has 2 atom stereocenters. The first-order valence-electron chi connectivity index (χ1n) is 6.77. The van der Waals surface area contributed by atoms with Crippen molar-refractivity contribution in [1.29, 1.82) is 0 Å². The summed E-state index contributed by atoms with van der Waals surface area (Å²) >= 11 is 0. The van der Waals surface area contributed by atoms with Crippen LogP contribution in [0.15, 0.2) is 37.2 Å². The van der Waals surface area contributed by atoms with Crippen molar-refractivity contribution in [3.05, 3.63) is 37.2 Å². The zero-order valence-electron chi connectivity index (χ0n) is 12.4. The van der Waals surface area contributed by atoms with E-state index in [0.717, 1.165) is 17.9 Å². The lowest BCUT2D eigenvalue weighted by atomic mass is 9.84. The van der Waals surface area contributed by atoms with Gasteiger partial charge in [-0.25, -0.2) is 0 Å². The minimum atomic E-state index is 0.115. The second-order valence-corrected chi connectivity index (χ2v) is 6.35. The van der Waals surface area contributed by atoms with Crippen LogP contribution < -0.4 is 5.32 Å². The second-order valence-electron chi connectivity index (χ2n) is 6.35. The monoisotopic (exact) mass is 248 g/mol. The summed E-state index contributed by atoms with van der Waals surface area (Å²) in [5.74, 6) is 0. The van der Waals surface area contributed by atoms with Gasteiger partial charge in [0, 0.05) is 24.0 Å². The van der Waals surface area contributed by atoms with E-state index < -0.39 is 0 Å². The van der Waals surface area contributed by atoms with E-state index in [-0.39, 0.29) is 11.5 Å². The number of rotatable bonds is 5.